The monoisotopic (exact) mass is 276 g/mol. The van der Waals surface area contributed by atoms with Gasteiger partial charge in [-0.05, 0) is 39.0 Å². The molecule has 1 aromatic rings. The number of fused-ring (bicyclic) bond motifs is 1. The molecule has 0 radical (unpaired) electrons. The van der Waals surface area contributed by atoms with Gasteiger partial charge in [-0.3, -0.25) is 0 Å². The Balaban J connectivity index is 1.52. The van der Waals surface area contributed by atoms with Gasteiger partial charge in [-0.1, -0.05) is 0 Å². The summed E-state index contributed by atoms with van der Waals surface area (Å²) < 4.78 is 2.21. The molecule has 3 heterocycles. The predicted octanol–water partition coefficient (Wildman–Crippen LogP) is 2.03. The summed E-state index contributed by atoms with van der Waals surface area (Å²) in [4.78, 5) is 18.6. The van der Waals surface area contributed by atoms with Crippen LogP contribution in [0.4, 0.5) is 4.79 Å². The standard InChI is InChI=1S/C15H24N4O/c1-15(2)6-3-8-19(15)14(20)17-10-12-4-5-13-16-7-9-18(13)11-12/h7,9,12H,3-6,8,10-11H2,1-2H3,(H,17,20)/t12-/m0/s1. The zero-order valence-corrected chi connectivity index (χ0v) is 12.4. The van der Waals surface area contributed by atoms with Gasteiger partial charge in [0.1, 0.15) is 5.82 Å². The number of aromatic nitrogens is 2. The number of nitrogens with one attached hydrogen (secondary N) is 1. The van der Waals surface area contributed by atoms with E-state index in [2.05, 4.69) is 28.7 Å². The van der Waals surface area contributed by atoms with Gasteiger partial charge in [-0.25, -0.2) is 9.78 Å². The minimum Gasteiger partial charge on any atom is -0.338 e. The molecule has 5 heteroatoms. The molecule has 110 valence electrons. The summed E-state index contributed by atoms with van der Waals surface area (Å²) >= 11 is 0. The summed E-state index contributed by atoms with van der Waals surface area (Å²) in [5, 5.41) is 3.13. The Labute approximate surface area is 120 Å². The molecule has 1 aromatic heterocycles. The van der Waals surface area contributed by atoms with Crippen molar-refractivity contribution < 1.29 is 4.79 Å². The van der Waals surface area contributed by atoms with Crippen LogP contribution in [0.3, 0.4) is 0 Å². The van der Waals surface area contributed by atoms with E-state index in [1.807, 2.05) is 17.3 Å². The van der Waals surface area contributed by atoms with Gasteiger partial charge in [0, 0.05) is 44.0 Å². The Bertz CT molecular complexity index is 494. The molecule has 1 N–H and O–H groups in total. The van der Waals surface area contributed by atoms with E-state index in [-0.39, 0.29) is 11.6 Å². The lowest BCUT2D eigenvalue weighted by atomic mass is 9.99. The summed E-state index contributed by atoms with van der Waals surface area (Å²) in [7, 11) is 0. The number of urea groups is 1. The highest BCUT2D eigenvalue weighted by molar-refractivity contribution is 5.75. The number of hydrogen-bond acceptors (Lipinski definition) is 2. The first kappa shape index (κ1) is 13.5. The molecule has 0 saturated carbocycles. The molecule has 2 aliphatic rings. The van der Waals surface area contributed by atoms with Gasteiger partial charge in [0.25, 0.3) is 0 Å². The zero-order chi connectivity index (χ0) is 14.2. The number of amides is 2. The number of likely N-dealkylation sites (tertiary alicyclic amines) is 1. The smallest absolute Gasteiger partial charge is 0.317 e. The number of nitrogens with zero attached hydrogens (tertiary/aromatic N) is 3. The summed E-state index contributed by atoms with van der Waals surface area (Å²) in [5.74, 6) is 1.69. The third-order valence-corrected chi connectivity index (χ3v) is 4.72. The van der Waals surface area contributed by atoms with Crippen LogP contribution in [-0.2, 0) is 13.0 Å². The Morgan fingerprint density at radius 1 is 1.55 bits per heavy atom. The van der Waals surface area contributed by atoms with Crippen molar-refractivity contribution in [3.63, 3.8) is 0 Å². The van der Waals surface area contributed by atoms with Crippen LogP contribution in [0.1, 0.15) is 38.9 Å². The van der Waals surface area contributed by atoms with Crippen molar-refractivity contribution in [1.29, 1.82) is 0 Å². The van der Waals surface area contributed by atoms with Crippen LogP contribution in [0.5, 0.6) is 0 Å². The van der Waals surface area contributed by atoms with Gasteiger partial charge in [0.05, 0.1) is 0 Å². The predicted molar refractivity (Wildman–Crippen MR) is 77.5 cm³/mol. The second kappa shape index (κ2) is 5.11. The fourth-order valence-corrected chi connectivity index (χ4v) is 3.41. The summed E-state index contributed by atoms with van der Waals surface area (Å²) in [6.45, 7) is 6.92. The molecule has 0 aromatic carbocycles. The molecular formula is C15H24N4O. The third kappa shape index (κ3) is 2.53. The lowest BCUT2D eigenvalue weighted by molar-refractivity contribution is 0.162. The fourth-order valence-electron chi connectivity index (χ4n) is 3.41. The number of imidazole rings is 1. The van der Waals surface area contributed by atoms with Gasteiger partial charge in [-0.2, -0.15) is 0 Å². The van der Waals surface area contributed by atoms with Crippen LogP contribution in [0, 0.1) is 5.92 Å². The van der Waals surface area contributed by atoms with Crippen molar-refractivity contribution in [3.05, 3.63) is 18.2 Å². The molecular weight excluding hydrogens is 252 g/mol. The highest BCUT2D eigenvalue weighted by Crippen LogP contribution is 2.28. The lowest BCUT2D eigenvalue weighted by Gasteiger charge is -2.32. The summed E-state index contributed by atoms with van der Waals surface area (Å²) in [6.07, 6.45) is 8.24. The maximum atomic E-state index is 12.3. The first-order valence-electron chi connectivity index (χ1n) is 7.62. The van der Waals surface area contributed by atoms with E-state index in [0.717, 1.165) is 45.3 Å². The van der Waals surface area contributed by atoms with E-state index in [1.54, 1.807) is 0 Å². The van der Waals surface area contributed by atoms with E-state index < -0.39 is 0 Å². The Hall–Kier alpha value is -1.52. The summed E-state index contributed by atoms with van der Waals surface area (Å²) in [6, 6.07) is 0.101. The highest BCUT2D eigenvalue weighted by Gasteiger charge is 2.35. The largest absolute Gasteiger partial charge is 0.338 e. The first-order valence-corrected chi connectivity index (χ1v) is 7.62. The Kier molecular flexibility index (Phi) is 3.44. The number of carbonyl (C=O) groups excluding carboxylic acids is 1. The average Bonchev–Trinajstić information content (AvgIpc) is 3.01. The van der Waals surface area contributed by atoms with Gasteiger partial charge in [0.2, 0.25) is 0 Å². The molecule has 1 atom stereocenters. The van der Waals surface area contributed by atoms with Crippen LogP contribution in [0.25, 0.3) is 0 Å². The van der Waals surface area contributed by atoms with Crippen LogP contribution in [0.2, 0.25) is 0 Å². The lowest BCUT2D eigenvalue weighted by Crippen LogP contribution is -2.49. The van der Waals surface area contributed by atoms with Crippen LogP contribution in [0.15, 0.2) is 12.4 Å². The van der Waals surface area contributed by atoms with E-state index in [1.165, 1.54) is 5.82 Å². The quantitative estimate of drug-likeness (QED) is 0.898. The summed E-state index contributed by atoms with van der Waals surface area (Å²) in [5.41, 5.74) is 0.00810. The number of hydrogen-bond donors (Lipinski definition) is 1. The van der Waals surface area contributed by atoms with Crippen molar-refractivity contribution in [2.45, 2.75) is 51.6 Å². The molecule has 2 aliphatic heterocycles. The minimum atomic E-state index is 0.00810. The van der Waals surface area contributed by atoms with Crippen molar-refractivity contribution >= 4 is 6.03 Å². The van der Waals surface area contributed by atoms with Gasteiger partial charge in [0.15, 0.2) is 0 Å². The van der Waals surface area contributed by atoms with Crippen molar-refractivity contribution in [2.75, 3.05) is 13.1 Å². The maximum Gasteiger partial charge on any atom is 0.317 e. The molecule has 0 spiro atoms. The van der Waals surface area contributed by atoms with Gasteiger partial charge >= 0.3 is 6.03 Å². The van der Waals surface area contributed by atoms with Gasteiger partial charge in [-0.15, -0.1) is 0 Å². The third-order valence-electron chi connectivity index (χ3n) is 4.72. The normalized spacial score (nSPS) is 24.5. The van der Waals surface area contributed by atoms with Crippen LogP contribution in [-0.4, -0.2) is 39.1 Å². The average molecular weight is 276 g/mol. The molecule has 1 saturated heterocycles. The number of rotatable bonds is 2. The maximum absolute atomic E-state index is 12.3. The molecule has 0 aliphatic carbocycles. The van der Waals surface area contributed by atoms with Crippen molar-refractivity contribution in [1.82, 2.24) is 19.8 Å². The van der Waals surface area contributed by atoms with E-state index in [9.17, 15) is 4.79 Å². The van der Waals surface area contributed by atoms with Crippen molar-refractivity contribution in [3.8, 4) is 0 Å². The molecule has 3 rings (SSSR count). The number of aryl methyl sites for hydroxylation is 1. The number of carbonyl (C=O) groups is 1. The van der Waals surface area contributed by atoms with Crippen LogP contribution >= 0.6 is 0 Å². The first-order chi connectivity index (χ1) is 9.56. The van der Waals surface area contributed by atoms with E-state index >= 15 is 0 Å². The van der Waals surface area contributed by atoms with Crippen molar-refractivity contribution in [2.24, 2.45) is 5.92 Å². The second-order valence-corrected chi connectivity index (χ2v) is 6.65. The molecule has 0 unspecified atom stereocenters. The minimum absolute atomic E-state index is 0.00810. The second-order valence-electron chi connectivity index (χ2n) is 6.65. The topological polar surface area (TPSA) is 50.2 Å². The Morgan fingerprint density at radius 3 is 3.15 bits per heavy atom. The van der Waals surface area contributed by atoms with E-state index in [4.69, 9.17) is 0 Å². The fraction of sp³-hybridized carbons (Fsp3) is 0.733. The SMILES string of the molecule is CC1(C)CCCN1C(=O)NC[C@@H]1CCc2nccn2C1. The zero-order valence-electron chi connectivity index (χ0n) is 12.4. The molecule has 1 fully saturated rings. The molecule has 20 heavy (non-hydrogen) atoms. The molecule has 5 nitrogen and oxygen atoms in total. The van der Waals surface area contributed by atoms with Gasteiger partial charge < -0.3 is 14.8 Å². The van der Waals surface area contributed by atoms with Crippen LogP contribution < -0.4 is 5.32 Å². The Morgan fingerprint density at radius 2 is 2.40 bits per heavy atom. The van der Waals surface area contributed by atoms with E-state index in [0.29, 0.717) is 5.92 Å². The highest BCUT2D eigenvalue weighted by atomic mass is 16.2. The molecule has 2 amide bonds. The molecule has 0 bridgehead atoms.